The van der Waals surface area contributed by atoms with E-state index in [1.54, 1.807) is 0 Å². The lowest BCUT2D eigenvalue weighted by Crippen LogP contribution is -2.45. The standard InChI is InChI=1S/C11H16S2Si2/c1-14(2)11(15(3)4)12-9-7-5-6-8-10(9)13-11/h5-8H,1-4H3. The van der Waals surface area contributed by atoms with Crippen LogP contribution in [0.5, 0.6) is 0 Å². The van der Waals surface area contributed by atoms with Crippen LogP contribution in [-0.4, -0.2) is 20.9 Å². The zero-order valence-corrected chi connectivity index (χ0v) is 13.3. The Kier molecular flexibility index (Phi) is 3.40. The molecular formula is C11H16S2Si2. The number of benzene rings is 1. The molecule has 0 fully saturated rings. The maximum absolute atomic E-state index is 2.47. The molecule has 0 nitrogen and oxygen atoms in total. The Morgan fingerprint density at radius 1 is 0.867 bits per heavy atom. The highest BCUT2D eigenvalue weighted by atomic mass is 32.2. The van der Waals surface area contributed by atoms with Crippen LogP contribution in [0.25, 0.3) is 0 Å². The Morgan fingerprint density at radius 3 is 1.60 bits per heavy atom. The van der Waals surface area contributed by atoms with E-state index in [0.29, 0.717) is 3.33 Å². The summed E-state index contributed by atoms with van der Waals surface area (Å²) in [5.74, 6) is 0. The first-order chi connectivity index (χ1) is 7.06. The summed E-state index contributed by atoms with van der Waals surface area (Å²) in [4.78, 5) is 3.03. The van der Waals surface area contributed by atoms with E-state index in [2.05, 4.69) is 74.0 Å². The minimum atomic E-state index is -0.266. The second kappa shape index (κ2) is 4.32. The summed E-state index contributed by atoms with van der Waals surface area (Å²) in [6, 6.07) is 8.89. The third-order valence-corrected chi connectivity index (χ3v) is 16.8. The van der Waals surface area contributed by atoms with E-state index in [9.17, 15) is 0 Å². The molecule has 15 heavy (non-hydrogen) atoms. The molecule has 1 heterocycles. The van der Waals surface area contributed by atoms with Crippen LogP contribution < -0.4 is 0 Å². The van der Waals surface area contributed by atoms with E-state index < -0.39 is 0 Å². The van der Waals surface area contributed by atoms with E-state index in [-0.39, 0.29) is 17.6 Å². The summed E-state index contributed by atoms with van der Waals surface area (Å²) in [5, 5.41) is 0. The van der Waals surface area contributed by atoms with Gasteiger partial charge < -0.3 is 0 Å². The largest absolute Gasteiger partial charge is 0.114 e. The molecule has 1 aromatic rings. The van der Waals surface area contributed by atoms with Gasteiger partial charge in [-0.1, -0.05) is 38.3 Å². The molecule has 0 atom stereocenters. The molecule has 1 aliphatic heterocycles. The van der Waals surface area contributed by atoms with Gasteiger partial charge in [0.2, 0.25) is 0 Å². The molecule has 2 rings (SSSR count). The molecule has 4 heteroatoms. The Morgan fingerprint density at radius 2 is 1.27 bits per heavy atom. The van der Waals surface area contributed by atoms with E-state index in [1.807, 2.05) is 0 Å². The molecule has 0 unspecified atom stereocenters. The lowest BCUT2D eigenvalue weighted by atomic mass is 10.4. The Hall–Kier alpha value is 0.354. The second-order valence-corrected chi connectivity index (χ2v) is 14.5. The SMILES string of the molecule is C[Si](C)C1([Si](C)C)Sc2ccccc2S1. The fraction of sp³-hybridized carbons (Fsp3) is 0.455. The van der Waals surface area contributed by atoms with Crippen LogP contribution in [0.3, 0.4) is 0 Å². The normalized spacial score (nSPS) is 18.5. The smallest absolute Gasteiger partial charge is 0.0711 e. The number of thioether (sulfide) groups is 2. The predicted molar refractivity (Wildman–Crippen MR) is 75.9 cm³/mol. The Labute approximate surface area is 104 Å². The zero-order chi connectivity index (χ0) is 11.1. The van der Waals surface area contributed by atoms with Crippen molar-refractivity contribution in [3.63, 3.8) is 0 Å². The van der Waals surface area contributed by atoms with Crippen molar-refractivity contribution in [1.29, 1.82) is 0 Å². The van der Waals surface area contributed by atoms with Gasteiger partial charge in [0, 0.05) is 9.79 Å². The Bertz CT molecular complexity index is 328. The molecule has 0 saturated heterocycles. The van der Waals surface area contributed by atoms with Crippen LogP contribution in [0, 0.1) is 0 Å². The number of fused-ring (bicyclic) bond motifs is 1. The molecule has 0 aliphatic carbocycles. The summed E-state index contributed by atoms with van der Waals surface area (Å²) in [5.41, 5.74) is 0. The molecule has 80 valence electrons. The summed E-state index contributed by atoms with van der Waals surface area (Å²) < 4.78 is 0.541. The highest BCUT2D eigenvalue weighted by Crippen LogP contribution is 2.57. The highest BCUT2D eigenvalue weighted by Gasteiger charge is 2.45. The first kappa shape index (κ1) is 11.8. The fourth-order valence-corrected chi connectivity index (χ4v) is 12.6. The number of hydrogen-bond acceptors (Lipinski definition) is 2. The number of rotatable bonds is 2. The average Bonchev–Trinajstić information content (AvgIpc) is 2.57. The third-order valence-electron chi connectivity index (χ3n) is 2.67. The molecule has 0 spiro atoms. The van der Waals surface area contributed by atoms with E-state index in [1.165, 1.54) is 9.79 Å². The van der Waals surface area contributed by atoms with Crippen molar-refractivity contribution in [1.82, 2.24) is 0 Å². The molecule has 0 aromatic heterocycles. The lowest BCUT2D eigenvalue weighted by Gasteiger charge is -2.33. The van der Waals surface area contributed by atoms with Crippen molar-refractivity contribution < 1.29 is 0 Å². The maximum Gasteiger partial charge on any atom is 0.0711 e. The first-order valence-corrected chi connectivity index (χ1v) is 11.8. The van der Waals surface area contributed by atoms with Crippen molar-refractivity contribution >= 4 is 41.1 Å². The Balaban J connectivity index is 2.36. The molecule has 0 saturated carbocycles. The molecule has 1 aliphatic rings. The van der Waals surface area contributed by atoms with Gasteiger partial charge in [0.1, 0.15) is 0 Å². The summed E-state index contributed by atoms with van der Waals surface area (Å²) in [6.07, 6.45) is 0. The van der Waals surface area contributed by atoms with Gasteiger partial charge in [-0.25, -0.2) is 0 Å². The van der Waals surface area contributed by atoms with E-state index in [4.69, 9.17) is 0 Å². The van der Waals surface area contributed by atoms with Crippen LogP contribution in [0.15, 0.2) is 34.1 Å². The molecule has 0 N–H and O–H groups in total. The zero-order valence-electron chi connectivity index (χ0n) is 9.63. The minimum Gasteiger partial charge on any atom is -0.114 e. The molecule has 1 aromatic carbocycles. The van der Waals surface area contributed by atoms with Crippen molar-refractivity contribution in [2.24, 2.45) is 0 Å². The summed E-state index contributed by atoms with van der Waals surface area (Å²) in [7, 11) is -0.532. The maximum atomic E-state index is 2.47. The van der Waals surface area contributed by atoms with Gasteiger partial charge in [-0.3, -0.25) is 0 Å². The molecule has 0 amide bonds. The van der Waals surface area contributed by atoms with Gasteiger partial charge >= 0.3 is 0 Å². The fourth-order valence-electron chi connectivity index (χ4n) is 1.86. The van der Waals surface area contributed by atoms with Crippen LogP contribution in [-0.2, 0) is 0 Å². The lowest BCUT2D eigenvalue weighted by molar-refractivity contribution is 1.27. The topological polar surface area (TPSA) is 0 Å². The average molecular weight is 269 g/mol. The minimum absolute atomic E-state index is 0.266. The van der Waals surface area contributed by atoms with Crippen molar-refractivity contribution in [3.8, 4) is 0 Å². The van der Waals surface area contributed by atoms with Gasteiger partial charge in [-0.15, -0.1) is 23.5 Å². The van der Waals surface area contributed by atoms with E-state index >= 15 is 0 Å². The summed E-state index contributed by atoms with van der Waals surface area (Å²) >= 11 is 4.31. The monoisotopic (exact) mass is 268 g/mol. The molecule has 2 radical (unpaired) electrons. The van der Waals surface area contributed by atoms with Gasteiger partial charge in [-0.2, -0.15) is 0 Å². The third kappa shape index (κ3) is 1.97. The van der Waals surface area contributed by atoms with Crippen molar-refractivity contribution in [3.05, 3.63) is 24.3 Å². The van der Waals surface area contributed by atoms with Crippen LogP contribution in [0.2, 0.25) is 26.2 Å². The van der Waals surface area contributed by atoms with E-state index in [0.717, 1.165) is 0 Å². The number of hydrogen-bond donors (Lipinski definition) is 0. The van der Waals surface area contributed by atoms with Crippen LogP contribution >= 0.6 is 23.5 Å². The van der Waals surface area contributed by atoms with Gasteiger partial charge in [-0.05, 0) is 12.1 Å². The molecular weight excluding hydrogens is 252 g/mol. The van der Waals surface area contributed by atoms with Crippen molar-refractivity contribution in [2.45, 2.75) is 39.3 Å². The quantitative estimate of drug-likeness (QED) is 0.739. The van der Waals surface area contributed by atoms with Crippen LogP contribution in [0.4, 0.5) is 0 Å². The predicted octanol–water partition coefficient (Wildman–Crippen LogP) is 4.17. The van der Waals surface area contributed by atoms with Crippen molar-refractivity contribution in [2.75, 3.05) is 0 Å². The highest BCUT2D eigenvalue weighted by molar-refractivity contribution is 8.25. The first-order valence-electron chi connectivity index (χ1n) is 5.14. The van der Waals surface area contributed by atoms with Gasteiger partial charge in [0.15, 0.2) is 0 Å². The van der Waals surface area contributed by atoms with Gasteiger partial charge in [0.05, 0.1) is 20.9 Å². The summed E-state index contributed by atoms with van der Waals surface area (Å²) in [6.45, 7) is 9.87. The molecule has 0 bridgehead atoms. The second-order valence-electron chi connectivity index (χ2n) is 4.27. The van der Waals surface area contributed by atoms with Gasteiger partial charge in [0.25, 0.3) is 0 Å². The van der Waals surface area contributed by atoms with Crippen LogP contribution in [0.1, 0.15) is 0 Å².